The molecule has 0 saturated carbocycles. The maximum absolute atomic E-state index is 12.5. The summed E-state index contributed by atoms with van der Waals surface area (Å²) in [5.41, 5.74) is 0. The molecule has 5 nitrogen and oxygen atoms in total. The van der Waals surface area contributed by atoms with E-state index in [1.54, 1.807) is 6.08 Å². The minimum absolute atomic E-state index is 0.0116. The molecule has 0 aliphatic rings. The lowest BCUT2D eigenvalue weighted by atomic mass is 10.0. The predicted octanol–water partition coefficient (Wildman–Crippen LogP) is 17.8. The Morgan fingerprint density at radius 2 is 0.703 bits per heavy atom. The standard InChI is InChI=1S/C59H113NO4/c1-3-5-7-9-11-13-15-17-19-21-23-25-27-29-30-32-34-36-38-40-42-44-46-48-50-52-56(62)54-59(64)60-57(55-61)58(63)53-51-49-47-45-43-41-39-37-35-33-31-28-26-24-22-20-18-16-14-12-10-8-6-4-2/h23,25,29-30,51,53,56-58,61-63H,3-22,24,26-28,31-50,52,54-55H2,1-2H3,(H,60,64)/b25-23-,30-29-,53-51+. The predicted molar refractivity (Wildman–Crippen MR) is 282 cm³/mol. The molecule has 3 unspecified atom stereocenters. The van der Waals surface area contributed by atoms with E-state index in [4.69, 9.17) is 0 Å². The third kappa shape index (κ3) is 50.0. The van der Waals surface area contributed by atoms with Gasteiger partial charge in [-0.05, 0) is 51.4 Å². The summed E-state index contributed by atoms with van der Waals surface area (Å²) in [6, 6.07) is -0.747. The number of nitrogens with one attached hydrogen (secondary N) is 1. The van der Waals surface area contributed by atoms with Gasteiger partial charge in [-0.15, -0.1) is 0 Å². The van der Waals surface area contributed by atoms with E-state index < -0.39 is 18.2 Å². The van der Waals surface area contributed by atoms with E-state index in [1.807, 2.05) is 6.08 Å². The van der Waals surface area contributed by atoms with Gasteiger partial charge in [-0.3, -0.25) is 4.79 Å². The summed E-state index contributed by atoms with van der Waals surface area (Å²) in [5, 5.41) is 33.5. The van der Waals surface area contributed by atoms with Crippen molar-refractivity contribution in [3.63, 3.8) is 0 Å². The minimum Gasteiger partial charge on any atom is -0.394 e. The van der Waals surface area contributed by atoms with Gasteiger partial charge in [0, 0.05) is 0 Å². The molecule has 5 heteroatoms. The average molecular weight is 901 g/mol. The van der Waals surface area contributed by atoms with Crippen LogP contribution in [0.3, 0.4) is 0 Å². The zero-order valence-electron chi connectivity index (χ0n) is 43.2. The van der Waals surface area contributed by atoms with E-state index >= 15 is 0 Å². The number of carbonyl (C=O) groups excluding carboxylic acids is 1. The van der Waals surface area contributed by atoms with Gasteiger partial charge >= 0.3 is 0 Å². The quantitative estimate of drug-likeness (QED) is 0.0362. The van der Waals surface area contributed by atoms with Crippen molar-refractivity contribution in [2.24, 2.45) is 0 Å². The molecule has 64 heavy (non-hydrogen) atoms. The van der Waals surface area contributed by atoms with Crippen LogP contribution in [0.5, 0.6) is 0 Å². The first-order chi connectivity index (χ1) is 31.5. The number of carbonyl (C=O) groups is 1. The smallest absolute Gasteiger partial charge is 0.222 e. The molecule has 0 aromatic heterocycles. The normalized spacial score (nSPS) is 13.5. The van der Waals surface area contributed by atoms with Crippen LogP contribution in [0, 0.1) is 0 Å². The monoisotopic (exact) mass is 900 g/mol. The van der Waals surface area contributed by atoms with Gasteiger partial charge in [-0.25, -0.2) is 0 Å². The number of aliphatic hydroxyl groups is 3. The molecular weight excluding hydrogens is 787 g/mol. The Bertz CT molecular complexity index is 993. The number of aliphatic hydroxyl groups excluding tert-OH is 3. The highest BCUT2D eigenvalue weighted by atomic mass is 16.3. The lowest BCUT2D eigenvalue weighted by molar-refractivity contribution is -0.124. The Morgan fingerprint density at radius 3 is 1.03 bits per heavy atom. The summed E-state index contributed by atoms with van der Waals surface area (Å²) in [4.78, 5) is 12.5. The number of unbranched alkanes of at least 4 members (excludes halogenated alkanes) is 40. The number of rotatable bonds is 53. The summed E-state index contributed by atoms with van der Waals surface area (Å²) in [6.07, 6.45) is 70.5. The van der Waals surface area contributed by atoms with E-state index in [9.17, 15) is 20.1 Å². The van der Waals surface area contributed by atoms with Crippen molar-refractivity contribution < 1.29 is 20.1 Å². The molecule has 0 rings (SSSR count). The number of allylic oxidation sites excluding steroid dienone is 5. The molecule has 0 bridgehead atoms. The van der Waals surface area contributed by atoms with Gasteiger partial charge in [0.2, 0.25) is 5.91 Å². The van der Waals surface area contributed by atoms with E-state index in [-0.39, 0.29) is 18.9 Å². The third-order valence-electron chi connectivity index (χ3n) is 13.4. The fraction of sp³-hybridized carbons (Fsp3) is 0.881. The first-order valence-electron chi connectivity index (χ1n) is 28.8. The Balaban J connectivity index is 3.58. The van der Waals surface area contributed by atoms with Crippen molar-refractivity contribution >= 4 is 5.91 Å². The van der Waals surface area contributed by atoms with E-state index in [0.29, 0.717) is 6.42 Å². The lowest BCUT2D eigenvalue weighted by Crippen LogP contribution is -2.45. The summed E-state index contributed by atoms with van der Waals surface area (Å²) >= 11 is 0. The lowest BCUT2D eigenvalue weighted by Gasteiger charge is -2.21. The SMILES string of the molecule is CCCCCCCCCCC/C=C\C/C=C\CCCCCCCCCCCC(O)CC(=O)NC(CO)C(O)/C=C/CCCCCCCCCCCCCCCCCCCCCCCC. The average Bonchev–Trinajstić information content (AvgIpc) is 3.29. The van der Waals surface area contributed by atoms with Crippen LogP contribution >= 0.6 is 0 Å². The van der Waals surface area contributed by atoms with Crippen LogP contribution in [0.2, 0.25) is 0 Å². The van der Waals surface area contributed by atoms with Gasteiger partial charge in [-0.1, -0.05) is 288 Å². The highest BCUT2D eigenvalue weighted by molar-refractivity contribution is 5.76. The second kappa shape index (κ2) is 54.2. The summed E-state index contributed by atoms with van der Waals surface area (Å²) in [6.45, 7) is 4.25. The van der Waals surface area contributed by atoms with Crippen LogP contribution in [0.1, 0.15) is 309 Å². The fourth-order valence-electron chi connectivity index (χ4n) is 9.02. The Labute approximate surface area is 400 Å². The second-order valence-electron chi connectivity index (χ2n) is 19.9. The molecule has 378 valence electrons. The molecular formula is C59H113NO4. The van der Waals surface area contributed by atoms with Crippen LogP contribution in [0.25, 0.3) is 0 Å². The number of amides is 1. The molecule has 0 spiro atoms. The van der Waals surface area contributed by atoms with E-state index in [1.165, 1.54) is 250 Å². The topological polar surface area (TPSA) is 89.8 Å². The molecule has 0 aromatic carbocycles. The highest BCUT2D eigenvalue weighted by Gasteiger charge is 2.20. The Kier molecular flexibility index (Phi) is 53.0. The van der Waals surface area contributed by atoms with Gasteiger partial charge in [0.15, 0.2) is 0 Å². The molecule has 1 amide bonds. The van der Waals surface area contributed by atoms with Crippen molar-refractivity contribution in [1.29, 1.82) is 0 Å². The number of hydrogen-bond donors (Lipinski definition) is 4. The third-order valence-corrected chi connectivity index (χ3v) is 13.4. The van der Waals surface area contributed by atoms with Crippen molar-refractivity contribution in [1.82, 2.24) is 5.32 Å². The molecule has 0 aliphatic carbocycles. The van der Waals surface area contributed by atoms with E-state index in [0.717, 1.165) is 32.1 Å². The van der Waals surface area contributed by atoms with Crippen LogP contribution in [-0.2, 0) is 4.79 Å². The molecule has 0 radical (unpaired) electrons. The van der Waals surface area contributed by atoms with Crippen LogP contribution in [0.15, 0.2) is 36.5 Å². The first kappa shape index (κ1) is 62.6. The summed E-state index contributed by atoms with van der Waals surface area (Å²) < 4.78 is 0. The van der Waals surface area contributed by atoms with Crippen LogP contribution < -0.4 is 5.32 Å². The van der Waals surface area contributed by atoms with E-state index in [2.05, 4.69) is 43.5 Å². The molecule has 3 atom stereocenters. The van der Waals surface area contributed by atoms with Crippen molar-refractivity contribution in [2.75, 3.05) is 6.61 Å². The largest absolute Gasteiger partial charge is 0.394 e. The van der Waals surface area contributed by atoms with Gasteiger partial charge in [-0.2, -0.15) is 0 Å². The first-order valence-corrected chi connectivity index (χ1v) is 28.8. The van der Waals surface area contributed by atoms with Crippen molar-refractivity contribution in [2.45, 2.75) is 327 Å². The Morgan fingerprint density at radius 1 is 0.406 bits per heavy atom. The summed E-state index contributed by atoms with van der Waals surface area (Å²) in [5.74, 6) is -0.314. The maximum Gasteiger partial charge on any atom is 0.222 e. The molecule has 0 aromatic rings. The number of hydrogen-bond acceptors (Lipinski definition) is 4. The van der Waals surface area contributed by atoms with Crippen LogP contribution in [-0.4, -0.2) is 46.1 Å². The van der Waals surface area contributed by atoms with Gasteiger partial charge in [0.05, 0.1) is 31.3 Å². The minimum atomic E-state index is -0.931. The van der Waals surface area contributed by atoms with Gasteiger partial charge < -0.3 is 20.6 Å². The maximum atomic E-state index is 12.5. The second-order valence-corrected chi connectivity index (χ2v) is 19.9. The fourth-order valence-corrected chi connectivity index (χ4v) is 9.02. The van der Waals surface area contributed by atoms with Crippen molar-refractivity contribution in [3.05, 3.63) is 36.5 Å². The molecule has 4 N–H and O–H groups in total. The highest BCUT2D eigenvalue weighted by Crippen LogP contribution is 2.17. The zero-order valence-corrected chi connectivity index (χ0v) is 43.2. The van der Waals surface area contributed by atoms with Crippen LogP contribution in [0.4, 0.5) is 0 Å². The molecule has 0 aliphatic heterocycles. The molecule has 0 fully saturated rings. The molecule has 0 saturated heterocycles. The van der Waals surface area contributed by atoms with Gasteiger partial charge in [0.25, 0.3) is 0 Å². The van der Waals surface area contributed by atoms with Gasteiger partial charge in [0.1, 0.15) is 0 Å². The molecule has 0 heterocycles. The van der Waals surface area contributed by atoms with Crippen molar-refractivity contribution in [3.8, 4) is 0 Å². The summed E-state index contributed by atoms with van der Waals surface area (Å²) in [7, 11) is 0. The Hall–Kier alpha value is -1.43. The zero-order chi connectivity index (χ0) is 46.5.